The lowest BCUT2D eigenvalue weighted by Crippen LogP contribution is -2.38. The van der Waals surface area contributed by atoms with E-state index < -0.39 is 5.97 Å². The van der Waals surface area contributed by atoms with Gasteiger partial charge in [-0.05, 0) is 34.1 Å². The van der Waals surface area contributed by atoms with Crippen LogP contribution in [0.3, 0.4) is 0 Å². The number of methoxy groups -OCH3 is 2. The van der Waals surface area contributed by atoms with Crippen molar-refractivity contribution in [3.8, 4) is 5.75 Å². The molecule has 0 aliphatic heterocycles. The molecule has 0 heterocycles. The molecule has 0 aliphatic rings. The number of carbonyl (C=O) groups is 2. The molecule has 0 unspecified atom stereocenters. The summed E-state index contributed by atoms with van der Waals surface area (Å²) in [6, 6.07) is 4.84. The second kappa shape index (κ2) is 7.86. The van der Waals surface area contributed by atoms with Gasteiger partial charge in [0.1, 0.15) is 12.3 Å². The highest BCUT2D eigenvalue weighted by atomic mass is 79.9. The SMILES string of the molecule is COCCN(CC(=O)O)C(=O)c1ccc(OC)c(Br)c1. The number of carboxylic acid groups (broad SMARTS) is 1. The lowest BCUT2D eigenvalue weighted by Gasteiger charge is -2.20. The van der Waals surface area contributed by atoms with Crippen molar-refractivity contribution >= 4 is 27.8 Å². The van der Waals surface area contributed by atoms with Crippen LogP contribution < -0.4 is 4.74 Å². The predicted octanol–water partition coefficient (Wildman–Crippen LogP) is 1.63. The Morgan fingerprint density at radius 2 is 2.05 bits per heavy atom. The van der Waals surface area contributed by atoms with Gasteiger partial charge < -0.3 is 19.5 Å². The Morgan fingerprint density at radius 3 is 2.55 bits per heavy atom. The molecule has 0 fully saturated rings. The lowest BCUT2D eigenvalue weighted by atomic mass is 10.2. The number of carbonyl (C=O) groups excluding carboxylic acids is 1. The van der Waals surface area contributed by atoms with Crippen LogP contribution >= 0.6 is 15.9 Å². The Kier molecular flexibility index (Phi) is 6.47. The first-order valence-corrected chi connectivity index (χ1v) is 6.62. The Labute approximate surface area is 125 Å². The maximum absolute atomic E-state index is 12.3. The summed E-state index contributed by atoms with van der Waals surface area (Å²) >= 11 is 3.29. The minimum absolute atomic E-state index is 0.214. The van der Waals surface area contributed by atoms with Crippen molar-refractivity contribution in [1.82, 2.24) is 4.90 Å². The molecule has 0 saturated carbocycles. The van der Waals surface area contributed by atoms with E-state index in [4.69, 9.17) is 14.6 Å². The zero-order valence-corrected chi connectivity index (χ0v) is 12.8. The number of benzene rings is 1. The number of carboxylic acids is 1. The van der Waals surface area contributed by atoms with E-state index in [-0.39, 0.29) is 25.6 Å². The molecule has 0 saturated heterocycles. The molecule has 0 spiro atoms. The Bertz CT molecular complexity index is 492. The molecule has 0 aliphatic carbocycles. The van der Waals surface area contributed by atoms with Crippen molar-refractivity contribution in [1.29, 1.82) is 0 Å². The van der Waals surface area contributed by atoms with Gasteiger partial charge >= 0.3 is 5.97 Å². The molecule has 110 valence electrons. The van der Waals surface area contributed by atoms with Gasteiger partial charge in [-0.25, -0.2) is 0 Å². The molecule has 7 heteroatoms. The average Bonchev–Trinajstić information content (AvgIpc) is 2.42. The number of aliphatic carboxylic acids is 1. The minimum atomic E-state index is -1.07. The Balaban J connectivity index is 2.92. The molecule has 6 nitrogen and oxygen atoms in total. The molecule has 1 rings (SSSR count). The molecule has 0 atom stereocenters. The molecule has 20 heavy (non-hydrogen) atoms. The average molecular weight is 346 g/mol. The van der Waals surface area contributed by atoms with Crippen molar-refractivity contribution in [2.75, 3.05) is 33.9 Å². The fraction of sp³-hybridized carbons (Fsp3) is 0.385. The van der Waals surface area contributed by atoms with Crippen molar-refractivity contribution in [2.45, 2.75) is 0 Å². The van der Waals surface area contributed by atoms with Crippen LogP contribution in [-0.2, 0) is 9.53 Å². The van der Waals surface area contributed by atoms with Crippen LogP contribution in [-0.4, -0.2) is 55.8 Å². The van der Waals surface area contributed by atoms with E-state index in [2.05, 4.69) is 15.9 Å². The molecule has 0 bridgehead atoms. The van der Waals surface area contributed by atoms with Crippen LogP contribution in [0, 0.1) is 0 Å². The largest absolute Gasteiger partial charge is 0.496 e. The summed E-state index contributed by atoms with van der Waals surface area (Å²) in [5.74, 6) is -0.835. The predicted molar refractivity (Wildman–Crippen MR) is 76.1 cm³/mol. The second-order valence-electron chi connectivity index (χ2n) is 3.96. The van der Waals surface area contributed by atoms with Crippen molar-refractivity contribution in [3.05, 3.63) is 28.2 Å². The topological polar surface area (TPSA) is 76.1 Å². The molecule has 1 aromatic carbocycles. The first kappa shape index (κ1) is 16.5. The number of nitrogens with zero attached hydrogens (tertiary/aromatic N) is 1. The van der Waals surface area contributed by atoms with Crippen LogP contribution in [0.15, 0.2) is 22.7 Å². The highest BCUT2D eigenvalue weighted by Gasteiger charge is 2.19. The highest BCUT2D eigenvalue weighted by molar-refractivity contribution is 9.10. The fourth-order valence-corrected chi connectivity index (χ4v) is 2.14. The van der Waals surface area contributed by atoms with E-state index in [0.717, 1.165) is 0 Å². The number of amides is 1. The van der Waals surface area contributed by atoms with Gasteiger partial charge in [0.15, 0.2) is 0 Å². The maximum Gasteiger partial charge on any atom is 0.323 e. The molecule has 1 aromatic rings. The van der Waals surface area contributed by atoms with Crippen LogP contribution in [0.4, 0.5) is 0 Å². The third-order valence-corrected chi connectivity index (χ3v) is 3.20. The number of hydrogen-bond donors (Lipinski definition) is 1. The summed E-state index contributed by atoms with van der Waals surface area (Å²) in [7, 11) is 3.02. The molecular weight excluding hydrogens is 330 g/mol. The van der Waals surface area contributed by atoms with Gasteiger partial charge in [-0.2, -0.15) is 0 Å². The zero-order chi connectivity index (χ0) is 15.1. The van der Waals surface area contributed by atoms with E-state index in [1.165, 1.54) is 19.1 Å². The number of hydrogen-bond acceptors (Lipinski definition) is 4. The van der Waals surface area contributed by atoms with Crippen LogP contribution in [0.25, 0.3) is 0 Å². The summed E-state index contributed by atoms with van der Waals surface area (Å²) in [5.41, 5.74) is 0.384. The highest BCUT2D eigenvalue weighted by Crippen LogP contribution is 2.26. The summed E-state index contributed by atoms with van der Waals surface area (Å²) in [6.07, 6.45) is 0. The van der Waals surface area contributed by atoms with Gasteiger partial charge in [0.25, 0.3) is 5.91 Å². The van der Waals surface area contributed by atoms with Crippen LogP contribution in [0.2, 0.25) is 0 Å². The van der Waals surface area contributed by atoms with E-state index in [1.807, 2.05) is 0 Å². The smallest absolute Gasteiger partial charge is 0.323 e. The third kappa shape index (κ3) is 4.50. The summed E-state index contributed by atoms with van der Waals surface area (Å²) in [4.78, 5) is 24.3. The molecule has 0 aromatic heterocycles. The van der Waals surface area contributed by atoms with Crippen LogP contribution in [0.5, 0.6) is 5.75 Å². The number of rotatable bonds is 7. The monoisotopic (exact) mass is 345 g/mol. The molecular formula is C13H16BrNO5. The van der Waals surface area contributed by atoms with Gasteiger partial charge in [-0.3, -0.25) is 9.59 Å². The Morgan fingerprint density at radius 1 is 1.35 bits per heavy atom. The Hall–Kier alpha value is -1.60. The molecule has 1 amide bonds. The summed E-state index contributed by atoms with van der Waals surface area (Å²) in [6.45, 7) is 0.119. The quantitative estimate of drug-likeness (QED) is 0.812. The number of halogens is 1. The van der Waals surface area contributed by atoms with Gasteiger partial charge in [0.05, 0.1) is 18.2 Å². The second-order valence-corrected chi connectivity index (χ2v) is 4.82. The van der Waals surface area contributed by atoms with Gasteiger partial charge in [-0.1, -0.05) is 0 Å². The van der Waals surface area contributed by atoms with E-state index >= 15 is 0 Å². The molecule has 1 N–H and O–H groups in total. The number of ether oxygens (including phenoxy) is 2. The van der Waals surface area contributed by atoms with Gasteiger partial charge in [0.2, 0.25) is 0 Å². The zero-order valence-electron chi connectivity index (χ0n) is 11.3. The van der Waals surface area contributed by atoms with Crippen molar-refractivity contribution < 1.29 is 24.2 Å². The van der Waals surface area contributed by atoms with E-state index in [1.54, 1.807) is 18.2 Å². The van der Waals surface area contributed by atoms with E-state index in [0.29, 0.717) is 15.8 Å². The third-order valence-electron chi connectivity index (χ3n) is 2.58. The normalized spacial score (nSPS) is 10.2. The summed E-state index contributed by atoms with van der Waals surface area (Å²) < 4.78 is 10.6. The fourth-order valence-electron chi connectivity index (χ4n) is 1.60. The van der Waals surface area contributed by atoms with Crippen molar-refractivity contribution in [2.24, 2.45) is 0 Å². The first-order valence-electron chi connectivity index (χ1n) is 5.83. The maximum atomic E-state index is 12.3. The van der Waals surface area contributed by atoms with Crippen molar-refractivity contribution in [3.63, 3.8) is 0 Å². The van der Waals surface area contributed by atoms with E-state index in [9.17, 15) is 9.59 Å². The standard InChI is InChI=1S/C13H16BrNO5/c1-19-6-5-15(8-12(16)17)13(18)9-3-4-11(20-2)10(14)7-9/h3-4,7H,5-6,8H2,1-2H3,(H,16,17). The lowest BCUT2D eigenvalue weighted by molar-refractivity contribution is -0.137. The summed E-state index contributed by atoms with van der Waals surface area (Å²) in [5, 5.41) is 8.85. The van der Waals surface area contributed by atoms with Crippen LogP contribution in [0.1, 0.15) is 10.4 Å². The van der Waals surface area contributed by atoms with Gasteiger partial charge in [0, 0.05) is 19.2 Å². The van der Waals surface area contributed by atoms with Gasteiger partial charge in [-0.15, -0.1) is 0 Å². The molecule has 0 radical (unpaired) electrons. The minimum Gasteiger partial charge on any atom is -0.496 e. The first-order chi connectivity index (χ1) is 9.49.